The Bertz CT molecular complexity index is 1780. The van der Waals surface area contributed by atoms with Crippen molar-refractivity contribution in [1.82, 2.24) is 0 Å². The van der Waals surface area contributed by atoms with E-state index in [4.69, 9.17) is 9.47 Å². The van der Waals surface area contributed by atoms with E-state index in [1.165, 1.54) is 22.3 Å². The lowest BCUT2D eigenvalue weighted by Crippen LogP contribution is -2.08. The van der Waals surface area contributed by atoms with Crippen LogP contribution in [0.2, 0.25) is 0 Å². The molecule has 4 aromatic carbocycles. The number of ether oxygens (including phenoxy) is 2. The van der Waals surface area contributed by atoms with Crippen molar-refractivity contribution < 1.29 is 19.7 Å². The standard InChI is InChI=1S/C44H56O4/c1-11-27(7)31-17-35-23-38-16-30(26(5)6)15-37(43(38)47-9)21-33-13-29(25(3)4)14-34(41(33)45)22-39-19-32(28(8)12-2)20-40(44(39)48-10)24-36(18-31)42(35)46/h13-20,25-28,45-46H,11-12,21-24H2,1-10H3/t27-,28-/m0/s1. The predicted octanol–water partition coefficient (Wildman–Crippen LogP) is 11.1. The topological polar surface area (TPSA) is 58.9 Å². The van der Waals surface area contributed by atoms with Crippen molar-refractivity contribution in [2.75, 3.05) is 14.2 Å². The first-order valence-electron chi connectivity index (χ1n) is 18.0. The van der Waals surface area contributed by atoms with Crippen LogP contribution in [0, 0.1) is 0 Å². The fourth-order valence-corrected chi connectivity index (χ4v) is 7.25. The van der Waals surface area contributed by atoms with E-state index in [1.807, 2.05) is 0 Å². The molecule has 0 radical (unpaired) electrons. The first-order valence-corrected chi connectivity index (χ1v) is 18.0. The predicted molar refractivity (Wildman–Crippen MR) is 199 cm³/mol. The van der Waals surface area contributed by atoms with Crippen molar-refractivity contribution in [3.63, 3.8) is 0 Å². The monoisotopic (exact) mass is 648 g/mol. The number of methoxy groups -OCH3 is 2. The van der Waals surface area contributed by atoms with Gasteiger partial charge in [-0.3, -0.25) is 0 Å². The smallest absolute Gasteiger partial charge is 0.125 e. The van der Waals surface area contributed by atoms with E-state index in [9.17, 15) is 10.2 Å². The second-order valence-electron chi connectivity index (χ2n) is 14.8. The molecule has 0 spiro atoms. The summed E-state index contributed by atoms with van der Waals surface area (Å²) in [5, 5.41) is 24.0. The van der Waals surface area contributed by atoms with Crippen molar-refractivity contribution in [3.8, 4) is 23.0 Å². The van der Waals surface area contributed by atoms with Gasteiger partial charge in [-0.25, -0.2) is 0 Å². The number of aromatic hydroxyl groups is 2. The van der Waals surface area contributed by atoms with Crippen molar-refractivity contribution in [2.45, 2.75) is 118 Å². The summed E-state index contributed by atoms with van der Waals surface area (Å²) >= 11 is 0. The van der Waals surface area contributed by atoms with E-state index < -0.39 is 0 Å². The lowest BCUT2D eigenvalue weighted by atomic mass is 9.84. The molecule has 48 heavy (non-hydrogen) atoms. The summed E-state index contributed by atoms with van der Waals surface area (Å²) in [7, 11) is 3.48. The van der Waals surface area contributed by atoms with Gasteiger partial charge in [-0.05, 0) is 103 Å². The number of phenolic OH excluding ortho intramolecular Hbond substituents is 2. The summed E-state index contributed by atoms with van der Waals surface area (Å²) in [4.78, 5) is 0. The second-order valence-corrected chi connectivity index (χ2v) is 14.8. The molecule has 0 aliphatic heterocycles. The minimum atomic E-state index is 0.296. The zero-order chi connectivity index (χ0) is 34.9. The Labute approximate surface area is 289 Å². The van der Waals surface area contributed by atoms with Gasteiger partial charge in [0, 0.05) is 25.7 Å². The Balaban J connectivity index is 1.88. The Hall–Kier alpha value is -3.92. The summed E-state index contributed by atoms with van der Waals surface area (Å²) in [5.41, 5.74) is 12.7. The highest BCUT2D eigenvalue weighted by Crippen LogP contribution is 2.42. The highest BCUT2D eigenvalue weighted by molar-refractivity contribution is 5.58. The maximum absolute atomic E-state index is 12.0. The number of hydrogen-bond donors (Lipinski definition) is 2. The molecular formula is C44H56O4. The van der Waals surface area contributed by atoms with Gasteiger partial charge >= 0.3 is 0 Å². The molecule has 256 valence electrons. The third kappa shape index (κ3) is 7.09. The van der Waals surface area contributed by atoms with Crippen LogP contribution in [0.4, 0.5) is 0 Å². The fourth-order valence-electron chi connectivity index (χ4n) is 7.25. The molecule has 0 amide bonds. The maximum atomic E-state index is 12.0. The molecule has 2 atom stereocenters. The van der Waals surface area contributed by atoms with E-state index >= 15 is 0 Å². The zero-order valence-electron chi connectivity index (χ0n) is 30.9. The van der Waals surface area contributed by atoms with Gasteiger partial charge < -0.3 is 19.7 Å². The number of benzene rings is 4. The van der Waals surface area contributed by atoms with Gasteiger partial charge in [-0.1, -0.05) is 104 Å². The molecule has 0 heterocycles. The number of phenols is 2. The van der Waals surface area contributed by atoms with Crippen LogP contribution < -0.4 is 9.47 Å². The fraction of sp³-hybridized carbons (Fsp3) is 0.455. The van der Waals surface area contributed by atoms with Crippen molar-refractivity contribution in [2.24, 2.45) is 0 Å². The molecule has 0 aromatic heterocycles. The summed E-state index contributed by atoms with van der Waals surface area (Å²) in [6, 6.07) is 17.7. The molecule has 4 nitrogen and oxygen atoms in total. The second kappa shape index (κ2) is 14.7. The Morgan fingerprint density at radius 2 is 0.708 bits per heavy atom. The zero-order valence-corrected chi connectivity index (χ0v) is 30.9. The van der Waals surface area contributed by atoms with Crippen LogP contribution in [-0.4, -0.2) is 24.4 Å². The average molecular weight is 649 g/mol. The van der Waals surface area contributed by atoms with Gasteiger partial charge in [0.2, 0.25) is 0 Å². The van der Waals surface area contributed by atoms with Gasteiger partial charge in [0.1, 0.15) is 23.0 Å². The van der Waals surface area contributed by atoms with Gasteiger partial charge in [0.15, 0.2) is 0 Å². The normalized spacial score (nSPS) is 14.2. The van der Waals surface area contributed by atoms with Crippen molar-refractivity contribution in [3.05, 3.63) is 115 Å². The van der Waals surface area contributed by atoms with Gasteiger partial charge in [-0.15, -0.1) is 0 Å². The quantitative estimate of drug-likeness (QED) is 0.176. The van der Waals surface area contributed by atoms with Crippen LogP contribution in [0.25, 0.3) is 0 Å². The molecule has 5 rings (SSSR count). The Morgan fingerprint density at radius 3 is 0.958 bits per heavy atom. The van der Waals surface area contributed by atoms with Crippen molar-refractivity contribution in [1.29, 1.82) is 0 Å². The van der Waals surface area contributed by atoms with Crippen molar-refractivity contribution >= 4 is 0 Å². The van der Waals surface area contributed by atoms with E-state index in [2.05, 4.69) is 104 Å². The molecule has 0 saturated heterocycles. The van der Waals surface area contributed by atoms with Crippen LogP contribution in [0.1, 0.15) is 159 Å². The molecule has 0 unspecified atom stereocenters. The van der Waals surface area contributed by atoms with E-state index in [0.717, 1.165) is 68.8 Å². The van der Waals surface area contributed by atoms with Crippen LogP contribution in [0.3, 0.4) is 0 Å². The summed E-state index contributed by atoms with van der Waals surface area (Å²) in [6.45, 7) is 17.8. The van der Waals surface area contributed by atoms with E-state index in [-0.39, 0.29) is 0 Å². The highest BCUT2D eigenvalue weighted by atomic mass is 16.5. The number of fused-ring (bicyclic) bond motifs is 8. The minimum absolute atomic E-state index is 0.296. The first kappa shape index (κ1) is 35.4. The van der Waals surface area contributed by atoms with E-state index in [1.54, 1.807) is 14.2 Å². The molecule has 1 aliphatic carbocycles. The molecule has 4 heteroatoms. The number of rotatable bonds is 8. The Kier molecular flexibility index (Phi) is 10.8. The summed E-state index contributed by atoms with van der Waals surface area (Å²) in [5.74, 6) is 3.63. The lowest BCUT2D eigenvalue weighted by molar-refractivity contribution is 0.403. The SMILES string of the molecule is CC[C@H](C)c1cc2c(O)c(c1)Cc1cc([C@@H](C)CC)cc(c1OC)Cc1cc(C(C)C)cc(c1O)Cc1cc(C(C)C)cc(c1OC)C2. The molecule has 2 N–H and O–H groups in total. The van der Waals surface area contributed by atoms with Crippen LogP contribution in [-0.2, 0) is 25.7 Å². The molecule has 0 fully saturated rings. The third-order valence-electron chi connectivity index (χ3n) is 10.7. The minimum Gasteiger partial charge on any atom is -0.507 e. The van der Waals surface area contributed by atoms with Gasteiger partial charge in [0.25, 0.3) is 0 Å². The largest absolute Gasteiger partial charge is 0.507 e. The van der Waals surface area contributed by atoms with Crippen LogP contribution >= 0.6 is 0 Å². The Morgan fingerprint density at radius 1 is 0.458 bits per heavy atom. The molecule has 0 saturated carbocycles. The van der Waals surface area contributed by atoms with E-state index in [0.29, 0.717) is 60.9 Å². The molecule has 8 bridgehead atoms. The summed E-state index contributed by atoms with van der Waals surface area (Å²) < 4.78 is 12.4. The van der Waals surface area contributed by atoms with Crippen LogP contribution in [0.15, 0.2) is 48.5 Å². The van der Waals surface area contributed by atoms with Gasteiger partial charge in [0.05, 0.1) is 14.2 Å². The third-order valence-corrected chi connectivity index (χ3v) is 10.7. The van der Waals surface area contributed by atoms with Crippen LogP contribution in [0.5, 0.6) is 23.0 Å². The van der Waals surface area contributed by atoms with Gasteiger partial charge in [-0.2, -0.15) is 0 Å². The summed E-state index contributed by atoms with van der Waals surface area (Å²) in [6.07, 6.45) is 4.18. The number of hydrogen-bond acceptors (Lipinski definition) is 4. The highest BCUT2D eigenvalue weighted by Gasteiger charge is 2.24. The first-order chi connectivity index (χ1) is 22.9. The maximum Gasteiger partial charge on any atom is 0.125 e. The average Bonchev–Trinajstić information content (AvgIpc) is 3.06. The molecule has 1 aliphatic rings. The molecule has 4 aromatic rings. The lowest BCUT2D eigenvalue weighted by Gasteiger charge is -2.23. The molecular weight excluding hydrogens is 592 g/mol.